The van der Waals surface area contributed by atoms with Crippen LogP contribution in [0.4, 0.5) is 0 Å². The molecule has 0 fully saturated rings. The molecule has 0 N–H and O–H groups in total. The van der Waals surface area contributed by atoms with Crippen molar-refractivity contribution in [2.24, 2.45) is 0 Å². The molecule has 0 aliphatic carbocycles. The topological polar surface area (TPSA) is 63.2 Å². The first kappa shape index (κ1) is 26.2. The first-order valence-corrected chi connectivity index (χ1v) is 11.8. The monoisotopic (exact) mass is 480 g/mol. The van der Waals surface area contributed by atoms with Crippen molar-refractivity contribution >= 4 is 5.78 Å². The minimum Gasteiger partial charge on any atom is -0.496 e. The summed E-state index contributed by atoms with van der Waals surface area (Å²) in [6.07, 6.45) is 6.75. The van der Waals surface area contributed by atoms with Crippen molar-refractivity contribution < 1.29 is 28.5 Å². The summed E-state index contributed by atoms with van der Waals surface area (Å²) in [7, 11) is 6.37. The third-order valence-electron chi connectivity index (χ3n) is 6.18. The third kappa shape index (κ3) is 5.99. The second-order valence-corrected chi connectivity index (χ2v) is 8.89. The van der Waals surface area contributed by atoms with E-state index in [9.17, 15) is 4.79 Å². The number of carbonyl (C=O) groups is 1. The average molecular weight is 481 g/mol. The van der Waals surface area contributed by atoms with Crippen molar-refractivity contribution in [3.05, 3.63) is 64.3 Å². The molecule has 1 atom stereocenters. The van der Waals surface area contributed by atoms with Crippen LogP contribution in [-0.4, -0.2) is 34.2 Å². The maximum Gasteiger partial charge on any atom is 0.174 e. The predicted octanol–water partition coefficient (Wildman–Crippen LogP) is 6.66. The fourth-order valence-electron chi connectivity index (χ4n) is 4.28. The van der Waals surface area contributed by atoms with Crippen LogP contribution in [0.2, 0.25) is 0 Å². The van der Waals surface area contributed by atoms with Gasteiger partial charge < -0.3 is 23.7 Å². The Morgan fingerprint density at radius 2 is 1.66 bits per heavy atom. The Morgan fingerprint density at radius 3 is 2.29 bits per heavy atom. The second kappa shape index (κ2) is 11.8. The summed E-state index contributed by atoms with van der Waals surface area (Å²) in [4.78, 5) is 13.3. The fourth-order valence-corrected chi connectivity index (χ4v) is 4.28. The van der Waals surface area contributed by atoms with Gasteiger partial charge in [-0.3, -0.25) is 4.79 Å². The number of methoxy groups -OCH3 is 4. The SMILES string of the molecule is COc1ccc(C2CC(=O)c3c(cc(OC)c(CC=C(C)CCC=C(C)C)c3OC)O2)cc1OC. The highest BCUT2D eigenvalue weighted by Gasteiger charge is 2.33. The van der Waals surface area contributed by atoms with Crippen LogP contribution in [0.25, 0.3) is 0 Å². The maximum absolute atomic E-state index is 13.3. The van der Waals surface area contributed by atoms with Crippen LogP contribution in [0.3, 0.4) is 0 Å². The highest BCUT2D eigenvalue weighted by atomic mass is 16.5. The minimum absolute atomic E-state index is 0.0314. The first-order chi connectivity index (χ1) is 16.8. The summed E-state index contributed by atoms with van der Waals surface area (Å²) < 4.78 is 28.5. The van der Waals surface area contributed by atoms with E-state index >= 15 is 0 Å². The van der Waals surface area contributed by atoms with Gasteiger partial charge in [0.25, 0.3) is 0 Å². The standard InChI is InChI=1S/C29H36O6/c1-18(2)9-8-10-19(3)11-13-21-25(32-5)17-27-28(29(21)34-7)22(30)16-24(35-27)20-12-14-23(31-4)26(15-20)33-6/h9,11-12,14-15,17,24H,8,10,13,16H2,1-7H3. The number of Topliss-reactive ketones (excluding diaryl/α,β-unsaturated/α-hetero) is 1. The summed E-state index contributed by atoms with van der Waals surface area (Å²) in [5, 5.41) is 0. The molecular weight excluding hydrogens is 444 g/mol. The molecule has 35 heavy (non-hydrogen) atoms. The van der Waals surface area contributed by atoms with Crippen molar-refractivity contribution in [3.8, 4) is 28.7 Å². The Kier molecular flexibility index (Phi) is 8.85. The van der Waals surface area contributed by atoms with E-state index in [1.54, 1.807) is 34.5 Å². The molecule has 0 saturated heterocycles. The maximum atomic E-state index is 13.3. The Labute approximate surface area is 208 Å². The molecule has 0 radical (unpaired) electrons. The van der Waals surface area contributed by atoms with Gasteiger partial charge in [-0.2, -0.15) is 0 Å². The van der Waals surface area contributed by atoms with Gasteiger partial charge >= 0.3 is 0 Å². The molecule has 3 rings (SSSR count). The number of fused-ring (bicyclic) bond motifs is 1. The molecule has 2 aromatic rings. The highest BCUT2D eigenvalue weighted by molar-refractivity contribution is 6.03. The van der Waals surface area contributed by atoms with E-state index in [1.807, 2.05) is 18.2 Å². The fraction of sp³-hybridized carbons (Fsp3) is 0.414. The molecule has 2 aromatic carbocycles. The van der Waals surface area contributed by atoms with Crippen molar-refractivity contribution in [3.63, 3.8) is 0 Å². The summed E-state index contributed by atoms with van der Waals surface area (Å²) in [6, 6.07) is 7.34. The van der Waals surface area contributed by atoms with E-state index < -0.39 is 6.10 Å². The molecular formula is C29H36O6. The zero-order chi connectivity index (χ0) is 25.5. The van der Waals surface area contributed by atoms with Gasteiger partial charge in [-0.05, 0) is 57.7 Å². The van der Waals surface area contributed by atoms with E-state index in [2.05, 4.69) is 32.9 Å². The van der Waals surface area contributed by atoms with Crippen LogP contribution >= 0.6 is 0 Å². The van der Waals surface area contributed by atoms with E-state index in [4.69, 9.17) is 23.7 Å². The molecule has 6 heteroatoms. The molecule has 1 unspecified atom stereocenters. The highest BCUT2D eigenvalue weighted by Crippen LogP contribution is 2.46. The van der Waals surface area contributed by atoms with E-state index in [-0.39, 0.29) is 12.2 Å². The number of ether oxygens (including phenoxy) is 5. The smallest absolute Gasteiger partial charge is 0.174 e. The second-order valence-electron chi connectivity index (χ2n) is 8.89. The lowest BCUT2D eigenvalue weighted by Crippen LogP contribution is -2.22. The van der Waals surface area contributed by atoms with Crippen LogP contribution < -0.4 is 23.7 Å². The molecule has 1 aliphatic heterocycles. The quantitative estimate of drug-likeness (QED) is 0.354. The Bertz CT molecular complexity index is 1120. The molecule has 0 saturated carbocycles. The largest absolute Gasteiger partial charge is 0.496 e. The van der Waals surface area contributed by atoms with E-state index in [0.717, 1.165) is 24.0 Å². The molecule has 0 spiro atoms. The Morgan fingerprint density at radius 1 is 0.943 bits per heavy atom. The number of allylic oxidation sites excluding steroid dienone is 4. The van der Waals surface area contributed by atoms with Crippen molar-refractivity contribution in [2.45, 2.75) is 52.6 Å². The van der Waals surface area contributed by atoms with Gasteiger partial charge in [-0.15, -0.1) is 0 Å². The molecule has 6 nitrogen and oxygen atoms in total. The Hall–Kier alpha value is -3.41. The van der Waals surface area contributed by atoms with Gasteiger partial charge in [-0.25, -0.2) is 0 Å². The molecule has 1 heterocycles. The van der Waals surface area contributed by atoms with Gasteiger partial charge in [0.05, 0.1) is 34.9 Å². The van der Waals surface area contributed by atoms with Crippen LogP contribution in [-0.2, 0) is 6.42 Å². The van der Waals surface area contributed by atoms with Gasteiger partial charge in [0.2, 0.25) is 0 Å². The van der Waals surface area contributed by atoms with Gasteiger partial charge in [-0.1, -0.05) is 29.4 Å². The molecule has 0 bridgehead atoms. The lowest BCUT2D eigenvalue weighted by atomic mass is 9.92. The molecule has 0 aromatic heterocycles. The number of ketones is 1. The van der Waals surface area contributed by atoms with Gasteiger partial charge in [0.15, 0.2) is 17.3 Å². The van der Waals surface area contributed by atoms with Crippen molar-refractivity contribution in [2.75, 3.05) is 28.4 Å². The number of hydrogen-bond donors (Lipinski definition) is 0. The summed E-state index contributed by atoms with van der Waals surface area (Å²) in [6.45, 7) is 6.34. The van der Waals surface area contributed by atoms with E-state index in [0.29, 0.717) is 40.7 Å². The van der Waals surface area contributed by atoms with Crippen LogP contribution in [0.15, 0.2) is 47.6 Å². The predicted molar refractivity (Wildman–Crippen MR) is 138 cm³/mol. The summed E-state index contributed by atoms with van der Waals surface area (Å²) in [5.74, 6) is 2.79. The lowest BCUT2D eigenvalue weighted by Gasteiger charge is -2.28. The molecule has 188 valence electrons. The third-order valence-corrected chi connectivity index (χ3v) is 6.18. The average Bonchev–Trinajstić information content (AvgIpc) is 2.85. The molecule has 1 aliphatic rings. The molecule has 0 amide bonds. The Balaban J connectivity index is 1.93. The number of rotatable bonds is 10. The van der Waals surface area contributed by atoms with Gasteiger partial charge in [0.1, 0.15) is 28.9 Å². The zero-order valence-electron chi connectivity index (χ0n) is 21.8. The van der Waals surface area contributed by atoms with Crippen molar-refractivity contribution in [1.29, 1.82) is 0 Å². The first-order valence-electron chi connectivity index (χ1n) is 11.8. The number of benzene rings is 2. The number of hydrogen-bond acceptors (Lipinski definition) is 6. The minimum atomic E-state index is -0.452. The van der Waals surface area contributed by atoms with Gasteiger partial charge in [0, 0.05) is 11.6 Å². The zero-order valence-corrected chi connectivity index (χ0v) is 21.8. The van der Waals surface area contributed by atoms with E-state index in [1.165, 1.54) is 11.1 Å². The van der Waals surface area contributed by atoms with Crippen LogP contribution in [0.1, 0.15) is 67.6 Å². The van der Waals surface area contributed by atoms with Crippen molar-refractivity contribution in [1.82, 2.24) is 0 Å². The van der Waals surface area contributed by atoms with Crippen LogP contribution in [0, 0.1) is 0 Å². The lowest BCUT2D eigenvalue weighted by molar-refractivity contribution is 0.0843. The van der Waals surface area contributed by atoms with Crippen LogP contribution in [0.5, 0.6) is 28.7 Å². The number of carbonyl (C=O) groups excluding carboxylic acids is 1. The summed E-state index contributed by atoms with van der Waals surface area (Å²) >= 11 is 0. The summed E-state index contributed by atoms with van der Waals surface area (Å²) in [5.41, 5.74) is 4.74. The normalized spacial score (nSPS) is 15.1.